The van der Waals surface area contributed by atoms with Gasteiger partial charge in [-0.15, -0.1) is 0 Å². The standard InChI is InChI=1S/C16H24N4O/c1-16(2,3)13-10-14-18-12(9-15(21)20(14)19-13)8-11-4-6-17-7-5-11/h9-11,17,19H,4-8H2,1-3H3. The van der Waals surface area contributed by atoms with Crippen LogP contribution in [-0.2, 0) is 11.8 Å². The molecule has 114 valence electrons. The summed E-state index contributed by atoms with van der Waals surface area (Å²) in [7, 11) is 0. The highest BCUT2D eigenvalue weighted by molar-refractivity contribution is 5.41. The molecule has 0 radical (unpaired) electrons. The fourth-order valence-corrected chi connectivity index (χ4v) is 2.91. The van der Waals surface area contributed by atoms with E-state index in [1.807, 2.05) is 6.07 Å². The van der Waals surface area contributed by atoms with Crippen LogP contribution in [0, 0.1) is 5.92 Å². The molecular formula is C16H24N4O. The maximum atomic E-state index is 12.3. The van der Waals surface area contributed by atoms with Crippen molar-refractivity contribution in [3.63, 3.8) is 0 Å². The highest BCUT2D eigenvalue weighted by atomic mass is 16.1. The van der Waals surface area contributed by atoms with E-state index in [-0.39, 0.29) is 11.0 Å². The van der Waals surface area contributed by atoms with Gasteiger partial charge in [0.2, 0.25) is 0 Å². The predicted molar refractivity (Wildman–Crippen MR) is 83.8 cm³/mol. The lowest BCUT2D eigenvalue weighted by atomic mass is 9.92. The molecule has 0 aromatic carbocycles. The molecule has 0 aliphatic carbocycles. The number of hydrogen-bond acceptors (Lipinski definition) is 3. The summed E-state index contributed by atoms with van der Waals surface area (Å²) in [6, 6.07) is 3.67. The lowest BCUT2D eigenvalue weighted by Gasteiger charge is -2.21. The molecule has 21 heavy (non-hydrogen) atoms. The minimum Gasteiger partial charge on any atom is -0.317 e. The van der Waals surface area contributed by atoms with E-state index in [2.05, 4.69) is 36.2 Å². The fraction of sp³-hybridized carbons (Fsp3) is 0.625. The average molecular weight is 288 g/mol. The topological polar surface area (TPSA) is 62.2 Å². The van der Waals surface area contributed by atoms with Crippen LogP contribution in [0.3, 0.4) is 0 Å². The molecule has 5 heteroatoms. The van der Waals surface area contributed by atoms with Crippen molar-refractivity contribution in [2.24, 2.45) is 5.92 Å². The van der Waals surface area contributed by atoms with Crippen LogP contribution in [0.15, 0.2) is 16.9 Å². The maximum Gasteiger partial charge on any atom is 0.272 e. The molecule has 0 atom stereocenters. The third-order valence-electron chi connectivity index (χ3n) is 4.27. The Morgan fingerprint density at radius 2 is 2.00 bits per heavy atom. The minimum absolute atomic E-state index is 0.0144. The molecule has 3 rings (SSSR count). The number of hydrogen-bond donors (Lipinski definition) is 2. The maximum absolute atomic E-state index is 12.3. The van der Waals surface area contributed by atoms with E-state index in [1.54, 1.807) is 10.6 Å². The first-order chi connectivity index (χ1) is 9.93. The van der Waals surface area contributed by atoms with Crippen LogP contribution in [-0.4, -0.2) is 27.7 Å². The van der Waals surface area contributed by atoms with Crippen LogP contribution in [0.4, 0.5) is 0 Å². The zero-order valence-electron chi connectivity index (χ0n) is 13.1. The second-order valence-corrected chi connectivity index (χ2v) is 7.10. The largest absolute Gasteiger partial charge is 0.317 e. The summed E-state index contributed by atoms with van der Waals surface area (Å²) in [4.78, 5) is 16.9. The molecule has 1 aliphatic rings. The summed E-state index contributed by atoms with van der Waals surface area (Å²) in [5, 5.41) is 6.54. The van der Waals surface area contributed by atoms with Gasteiger partial charge in [0.15, 0.2) is 5.65 Å². The quantitative estimate of drug-likeness (QED) is 0.886. The SMILES string of the molecule is CC(C)(C)c1cc2nc(CC3CCNCC3)cc(=O)n2[nH]1. The van der Waals surface area contributed by atoms with Gasteiger partial charge in [0.25, 0.3) is 5.56 Å². The first kappa shape index (κ1) is 14.3. The van der Waals surface area contributed by atoms with E-state index in [9.17, 15) is 4.79 Å². The first-order valence-electron chi connectivity index (χ1n) is 7.76. The second kappa shape index (κ2) is 5.30. The number of piperidine rings is 1. The highest BCUT2D eigenvalue weighted by Crippen LogP contribution is 2.21. The Kier molecular flexibility index (Phi) is 3.61. The van der Waals surface area contributed by atoms with Gasteiger partial charge in [0, 0.05) is 28.9 Å². The van der Waals surface area contributed by atoms with Gasteiger partial charge >= 0.3 is 0 Å². The Morgan fingerprint density at radius 1 is 1.29 bits per heavy atom. The molecule has 0 unspecified atom stereocenters. The number of fused-ring (bicyclic) bond motifs is 1. The van der Waals surface area contributed by atoms with E-state index in [1.165, 1.54) is 12.8 Å². The number of rotatable bonds is 2. The smallest absolute Gasteiger partial charge is 0.272 e. The van der Waals surface area contributed by atoms with Crippen LogP contribution in [0.2, 0.25) is 0 Å². The molecule has 5 nitrogen and oxygen atoms in total. The van der Waals surface area contributed by atoms with E-state index in [0.29, 0.717) is 5.92 Å². The van der Waals surface area contributed by atoms with Gasteiger partial charge < -0.3 is 5.32 Å². The average Bonchev–Trinajstić information content (AvgIpc) is 2.84. The molecule has 2 aromatic rings. The molecule has 0 spiro atoms. The lowest BCUT2D eigenvalue weighted by molar-refractivity contribution is 0.370. The van der Waals surface area contributed by atoms with E-state index in [0.717, 1.165) is 36.5 Å². The second-order valence-electron chi connectivity index (χ2n) is 7.10. The molecule has 1 saturated heterocycles. The van der Waals surface area contributed by atoms with E-state index < -0.39 is 0 Å². The Bertz CT molecular complexity index is 686. The van der Waals surface area contributed by atoms with Crippen molar-refractivity contribution in [1.82, 2.24) is 19.9 Å². The van der Waals surface area contributed by atoms with Gasteiger partial charge in [-0.25, -0.2) is 9.50 Å². The van der Waals surface area contributed by atoms with Crippen LogP contribution >= 0.6 is 0 Å². The van der Waals surface area contributed by atoms with Gasteiger partial charge in [-0.2, -0.15) is 0 Å². The summed E-state index contributed by atoms with van der Waals surface area (Å²) in [5.41, 5.74) is 2.66. The number of H-pyrrole nitrogens is 1. The third-order valence-corrected chi connectivity index (χ3v) is 4.27. The number of nitrogens with zero attached hydrogens (tertiary/aromatic N) is 2. The zero-order valence-corrected chi connectivity index (χ0v) is 13.1. The molecule has 0 saturated carbocycles. The summed E-state index contributed by atoms with van der Waals surface area (Å²) in [5.74, 6) is 0.640. The van der Waals surface area contributed by atoms with Crippen molar-refractivity contribution in [2.45, 2.75) is 45.4 Å². The normalized spacial score (nSPS) is 17.5. The zero-order chi connectivity index (χ0) is 15.0. The molecule has 1 fully saturated rings. The monoisotopic (exact) mass is 288 g/mol. The number of nitrogens with one attached hydrogen (secondary N) is 2. The van der Waals surface area contributed by atoms with Crippen LogP contribution < -0.4 is 10.9 Å². The van der Waals surface area contributed by atoms with Crippen molar-refractivity contribution in [3.05, 3.63) is 33.9 Å². The van der Waals surface area contributed by atoms with Gasteiger partial charge in [-0.05, 0) is 38.3 Å². The van der Waals surface area contributed by atoms with Gasteiger partial charge in [0.05, 0.1) is 0 Å². The minimum atomic E-state index is -0.0185. The van der Waals surface area contributed by atoms with Crippen molar-refractivity contribution < 1.29 is 0 Å². The molecule has 2 N–H and O–H groups in total. The number of aromatic amines is 1. The Balaban J connectivity index is 1.92. The van der Waals surface area contributed by atoms with Crippen LogP contribution in [0.1, 0.15) is 45.0 Å². The summed E-state index contributed by atoms with van der Waals surface area (Å²) in [6.45, 7) is 8.52. The van der Waals surface area contributed by atoms with Gasteiger partial charge in [-0.3, -0.25) is 9.89 Å². The Morgan fingerprint density at radius 3 is 2.67 bits per heavy atom. The van der Waals surface area contributed by atoms with Crippen molar-refractivity contribution in [1.29, 1.82) is 0 Å². The summed E-state index contributed by atoms with van der Waals surface area (Å²) in [6.07, 6.45) is 3.24. The van der Waals surface area contributed by atoms with Crippen molar-refractivity contribution in [2.75, 3.05) is 13.1 Å². The fourth-order valence-electron chi connectivity index (χ4n) is 2.91. The van der Waals surface area contributed by atoms with E-state index >= 15 is 0 Å². The van der Waals surface area contributed by atoms with Gasteiger partial charge in [-0.1, -0.05) is 20.8 Å². The van der Waals surface area contributed by atoms with Crippen molar-refractivity contribution in [3.8, 4) is 0 Å². The lowest BCUT2D eigenvalue weighted by Crippen LogP contribution is -2.29. The third kappa shape index (κ3) is 3.02. The summed E-state index contributed by atoms with van der Waals surface area (Å²) < 4.78 is 1.55. The predicted octanol–water partition coefficient (Wildman–Crippen LogP) is 1.86. The van der Waals surface area contributed by atoms with Crippen molar-refractivity contribution >= 4 is 5.65 Å². The molecular weight excluding hydrogens is 264 g/mol. The van der Waals surface area contributed by atoms with Gasteiger partial charge in [0.1, 0.15) is 0 Å². The first-order valence-corrected chi connectivity index (χ1v) is 7.76. The van der Waals surface area contributed by atoms with Crippen LogP contribution in [0.25, 0.3) is 5.65 Å². The number of aromatic nitrogens is 3. The molecule has 1 aliphatic heterocycles. The Hall–Kier alpha value is -1.62. The Labute approximate surface area is 124 Å². The highest BCUT2D eigenvalue weighted by Gasteiger charge is 2.19. The molecule has 0 bridgehead atoms. The summed E-state index contributed by atoms with van der Waals surface area (Å²) >= 11 is 0. The van der Waals surface area contributed by atoms with E-state index in [4.69, 9.17) is 0 Å². The van der Waals surface area contributed by atoms with Crippen LogP contribution in [0.5, 0.6) is 0 Å². The molecule has 0 amide bonds. The molecule has 3 heterocycles. The molecule has 2 aromatic heterocycles.